The van der Waals surface area contributed by atoms with E-state index in [-0.39, 0.29) is 5.16 Å². The van der Waals surface area contributed by atoms with Crippen LogP contribution in [0.4, 0.5) is 0 Å². The smallest absolute Gasteiger partial charge is 0.227 e. The fourth-order valence-electron chi connectivity index (χ4n) is 3.81. The Labute approximate surface area is 169 Å². The van der Waals surface area contributed by atoms with Gasteiger partial charge < -0.3 is 9.47 Å². The molecule has 154 valence electrons. The Kier molecular flexibility index (Phi) is 7.26. The van der Waals surface area contributed by atoms with E-state index in [1.807, 2.05) is 22.8 Å². The van der Waals surface area contributed by atoms with Gasteiger partial charge in [-0.2, -0.15) is 0 Å². The second kappa shape index (κ2) is 9.67. The minimum absolute atomic E-state index is 0.184. The maximum absolute atomic E-state index is 12.2. The van der Waals surface area contributed by atoms with Crippen LogP contribution in [0.3, 0.4) is 0 Å². The van der Waals surface area contributed by atoms with Crippen LogP contribution >= 0.6 is 0 Å². The van der Waals surface area contributed by atoms with Crippen molar-refractivity contribution in [2.45, 2.75) is 43.9 Å². The highest BCUT2D eigenvalue weighted by Crippen LogP contribution is 2.15. The summed E-state index contributed by atoms with van der Waals surface area (Å²) in [5.74, 6) is 0. The summed E-state index contributed by atoms with van der Waals surface area (Å²) in [6.07, 6.45) is 7.38. The van der Waals surface area contributed by atoms with Crippen molar-refractivity contribution in [1.29, 1.82) is 0 Å². The molecule has 1 aromatic carbocycles. The van der Waals surface area contributed by atoms with E-state index in [2.05, 4.69) is 34.0 Å². The van der Waals surface area contributed by atoms with Gasteiger partial charge in [-0.25, -0.2) is 13.4 Å². The highest BCUT2D eigenvalue weighted by molar-refractivity contribution is 7.90. The van der Waals surface area contributed by atoms with Crippen molar-refractivity contribution >= 4 is 9.84 Å². The van der Waals surface area contributed by atoms with Crippen molar-refractivity contribution in [3.63, 3.8) is 0 Å². The van der Waals surface area contributed by atoms with Crippen LogP contribution in [0.1, 0.15) is 30.5 Å². The third-order valence-electron chi connectivity index (χ3n) is 5.35. The zero-order chi connectivity index (χ0) is 20.0. The van der Waals surface area contributed by atoms with Gasteiger partial charge in [0.15, 0.2) is 0 Å². The zero-order valence-corrected chi connectivity index (χ0v) is 17.9. The standard InChI is InChI=1S/C21H32N4O2S/c1-23(15-16-24-12-6-7-13-24)18-20-17-22-21(28(2,26)27)25(20)14-8-11-19-9-4-3-5-10-19/h3-5,9-10,17H,6-8,11-16,18H2,1-2H3. The molecule has 1 fully saturated rings. The highest BCUT2D eigenvalue weighted by atomic mass is 32.2. The van der Waals surface area contributed by atoms with E-state index in [0.29, 0.717) is 13.1 Å². The average Bonchev–Trinajstić information content (AvgIpc) is 3.31. The quantitative estimate of drug-likeness (QED) is 0.609. The Balaban J connectivity index is 1.63. The number of hydrogen-bond acceptors (Lipinski definition) is 5. The number of aromatic nitrogens is 2. The number of rotatable bonds is 10. The Morgan fingerprint density at radius 2 is 1.82 bits per heavy atom. The fraction of sp³-hybridized carbons (Fsp3) is 0.571. The summed E-state index contributed by atoms with van der Waals surface area (Å²) < 4.78 is 26.3. The third kappa shape index (κ3) is 5.90. The molecule has 0 radical (unpaired) electrons. The number of hydrogen-bond donors (Lipinski definition) is 0. The molecule has 1 aliphatic heterocycles. The maximum atomic E-state index is 12.2. The van der Waals surface area contributed by atoms with Crippen LogP contribution in [-0.4, -0.2) is 67.3 Å². The second-order valence-corrected chi connectivity index (χ2v) is 9.74. The lowest BCUT2D eigenvalue weighted by Gasteiger charge is -2.22. The summed E-state index contributed by atoms with van der Waals surface area (Å²) in [7, 11) is -1.25. The number of likely N-dealkylation sites (tertiary alicyclic amines) is 1. The van der Waals surface area contributed by atoms with Gasteiger partial charge >= 0.3 is 0 Å². The Bertz CT molecular complexity index is 843. The van der Waals surface area contributed by atoms with Crippen LogP contribution in [0.5, 0.6) is 0 Å². The molecule has 0 saturated carbocycles. The summed E-state index contributed by atoms with van der Waals surface area (Å²) in [5, 5.41) is 0.184. The second-order valence-electron chi connectivity index (χ2n) is 7.83. The van der Waals surface area contributed by atoms with Crippen LogP contribution in [0.2, 0.25) is 0 Å². The normalized spacial score (nSPS) is 15.5. The molecular weight excluding hydrogens is 372 g/mol. The van der Waals surface area contributed by atoms with E-state index in [1.165, 1.54) is 37.8 Å². The Morgan fingerprint density at radius 1 is 1.11 bits per heavy atom. The van der Waals surface area contributed by atoms with Gasteiger partial charge in [0.2, 0.25) is 15.0 Å². The van der Waals surface area contributed by atoms with Crippen molar-refractivity contribution in [2.75, 3.05) is 39.5 Å². The molecule has 1 saturated heterocycles. The first-order valence-corrected chi connectivity index (χ1v) is 12.0. The predicted molar refractivity (Wildman–Crippen MR) is 112 cm³/mol. The lowest BCUT2D eigenvalue weighted by Crippen LogP contribution is -2.31. The van der Waals surface area contributed by atoms with E-state index in [4.69, 9.17) is 0 Å². The third-order valence-corrected chi connectivity index (χ3v) is 6.34. The largest absolute Gasteiger partial charge is 0.318 e. The summed E-state index contributed by atoms with van der Waals surface area (Å²) in [4.78, 5) is 9.00. The first-order valence-electron chi connectivity index (χ1n) is 10.1. The van der Waals surface area contributed by atoms with Gasteiger partial charge in [0.25, 0.3) is 0 Å². The zero-order valence-electron chi connectivity index (χ0n) is 17.0. The van der Waals surface area contributed by atoms with Crippen molar-refractivity contribution in [1.82, 2.24) is 19.4 Å². The van der Waals surface area contributed by atoms with Crippen LogP contribution in [0.15, 0.2) is 41.7 Å². The minimum Gasteiger partial charge on any atom is -0.318 e. The molecule has 0 unspecified atom stereocenters. The van der Waals surface area contributed by atoms with E-state index in [1.54, 1.807) is 6.20 Å². The van der Waals surface area contributed by atoms with Gasteiger partial charge in [-0.15, -0.1) is 0 Å². The van der Waals surface area contributed by atoms with E-state index < -0.39 is 9.84 Å². The lowest BCUT2D eigenvalue weighted by molar-refractivity contribution is 0.248. The molecular formula is C21H32N4O2S. The number of imidazole rings is 1. The molecule has 0 N–H and O–H groups in total. The van der Waals surface area contributed by atoms with Crippen molar-refractivity contribution < 1.29 is 8.42 Å². The van der Waals surface area contributed by atoms with Gasteiger partial charge in [0.1, 0.15) is 0 Å². The number of sulfone groups is 1. The van der Waals surface area contributed by atoms with E-state index >= 15 is 0 Å². The molecule has 6 nitrogen and oxygen atoms in total. The molecule has 0 amide bonds. The molecule has 2 aromatic rings. The van der Waals surface area contributed by atoms with E-state index in [0.717, 1.165) is 31.6 Å². The molecule has 0 bridgehead atoms. The van der Waals surface area contributed by atoms with Gasteiger partial charge in [-0.05, 0) is 51.4 Å². The lowest BCUT2D eigenvalue weighted by atomic mass is 10.1. The summed E-state index contributed by atoms with van der Waals surface area (Å²) in [6.45, 7) is 5.81. The molecule has 3 rings (SSSR count). The van der Waals surface area contributed by atoms with Crippen LogP contribution in [0.25, 0.3) is 0 Å². The van der Waals surface area contributed by atoms with Crippen molar-refractivity contribution in [3.05, 3.63) is 47.8 Å². The van der Waals surface area contributed by atoms with Gasteiger partial charge in [-0.1, -0.05) is 30.3 Å². The predicted octanol–water partition coefficient (Wildman–Crippen LogP) is 2.45. The fourth-order valence-corrected chi connectivity index (χ4v) is 4.67. The highest BCUT2D eigenvalue weighted by Gasteiger charge is 2.20. The van der Waals surface area contributed by atoms with Gasteiger partial charge in [0.05, 0.1) is 11.9 Å². The Morgan fingerprint density at radius 3 is 2.50 bits per heavy atom. The first kappa shape index (κ1) is 21.0. The SMILES string of the molecule is CN(CCN1CCCC1)Cc1cnc(S(C)(=O)=O)n1CCCc1ccccc1. The minimum atomic E-state index is -3.34. The molecule has 28 heavy (non-hydrogen) atoms. The molecule has 0 aliphatic carbocycles. The number of aryl methyl sites for hydroxylation is 1. The van der Waals surface area contributed by atoms with Crippen LogP contribution in [-0.2, 0) is 29.3 Å². The maximum Gasteiger partial charge on any atom is 0.227 e. The number of likely N-dealkylation sites (N-methyl/N-ethyl adjacent to an activating group) is 1. The first-order chi connectivity index (χ1) is 13.4. The van der Waals surface area contributed by atoms with Gasteiger partial charge in [-0.3, -0.25) is 4.90 Å². The number of nitrogens with zero attached hydrogens (tertiary/aromatic N) is 4. The Hall–Kier alpha value is -1.70. The topological polar surface area (TPSA) is 58.4 Å². The van der Waals surface area contributed by atoms with Gasteiger partial charge in [0, 0.05) is 32.4 Å². The summed E-state index contributed by atoms with van der Waals surface area (Å²) >= 11 is 0. The average molecular weight is 405 g/mol. The molecule has 1 aliphatic rings. The molecule has 0 atom stereocenters. The molecule has 2 heterocycles. The van der Waals surface area contributed by atoms with Crippen molar-refractivity contribution in [3.8, 4) is 0 Å². The molecule has 0 spiro atoms. The monoisotopic (exact) mass is 404 g/mol. The summed E-state index contributed by atoms with van der Waals surface area (Å²) in [5.41, 5.74) is 2.24. The van der Waals surface area contributed by atoms with Crippen LogP contribution in [0, 0.1) is 0 Å². The van der Waals surface area contributed by atoms with Crippen molar-refractivity contribution in [2.24, 2.45) is 0 Å². The molecule has 7 heteroatoms. The molecule has 1 aromatic heterocycles. The van der Waals surface area contributed by atoms with E-state index in [9.17, 15) is 8.42 Å². The number of benzene rings is 1. The van der Waals surface area contributed by atoms with Crippen LogP contribution < -0.4 is 0 Å². The summed E-state index contributed by atoms with van der Waals surface area (Å²) in [6, 6.07) is 10.3.